The summed E-state index contributed by atoms with van der Waals surface area (Å²) in [4.78, 5) is 3.51. The molecule has 3 nitrogen and oxygen atoms in total. The first-order chi connectivity index (χ1) is 11.6. The molecule has 0 aliphatic carbocycles. The molecule has 0 bridgehead atoms. The van der Waals surface area contributed by atoms with Gasteiger partial charge in [0.1, 0.15) is 0 Å². The van der Waals surface area contributed by atoms with Gasteiger partial charge >= 0.3 is 0 Å². The lowest BCUT2D eigenvalue weighted by atomic mass is 10.1. The van der Waals surface area contributed by atoms with Crippen LogP contribution in [-0.2, 0) is 11.2 Å². The molecule has 2 aromatic rings. The Labute approximate surface area is 154 Å². The van der Waals surface area contributed by atoms with Crippen LogP contribution in [0.3, 0.4) is 0 Å². The average molecular weight is 363 g/mol. The van der Waals surface area contributed by atoms with Gasteiger partial charge in [-0.1, -0.05) is 31.2 Å². The zero-order chi connectivity index (χ0) is 17.5. The van der Waals surface area contributed by atoms with Gasteiger partial charge in [0.15, 0.2) is 5.11 Å². The summed E-state index contributed by atoms with van der Waals surface area (Å²) in [6.45, 7) is 7.88. The van der Waals surface area contributed by atoms with Crippen LogP contribution >= 0.6 is 23.6 Å². The molecule has 24 heavy (non-hydrogen) atoms. The average Bonchev–Trinajstić information content (AvgIpc) is 3.11. The Hall–Kier alpha value is -1.43. The van der Waals surface area contributed by atoms with E-state index < -0.39 is 0 Å². The molecule has 1 heterocycles. The highest BCUT2D eigenvalue weighted by atomic mass is 32.1. The van der Waals surface area contributed by atoms with E-state index in [1.54, 1.807) is 18.4 Å². The number of hydrogen-bond donors (Lipinski definition) is 1. The van der Waals surface area contributed by atoms with Crippen LogP contribution in [0, 0.1) is 6.92 Å². The lowest BCUT2D eigenvalue weighted by Crippen LogP contribution is -2.39. The number of aryl methyl sites for hydroxylation is 2. The molecule has 2 rings (SSSR count). The first-order valence-corrected chi connectivity index (χ1v) is 9.55. The maximum atomic E-state index is 5.75. The maximum Gasteiger partial charge on any atom is 0.174 e. The zero-order valence-electron chi connectivity index (χ0n) is 14.8. The van der Waals surface area contributed by atoms with Crippen molar-refractivity contribution < 1.29 is 4.74 Å². The summed E-state index contributed by atoms with van der Waals surface area (Å²) in [5, 5.41) is 6.34. The van der Waals surface area contributed by atoms with E-state index in [2.05, 4.69) is 66.7 Å². The quantitative estimate of drug-likeness (QED) is 0.699. The third-order valence-electron chi connectivity index (χ3n) is 4.19. The SMILES string of the molecule is CCc1cccc(C)c1NC(=S)N(CCOC)C(C)c1cccs1. The van der Waals surface area contributed by atoms with E-state index >= 15 is 0 Å². The molecule has 130 valence electrons. The van der Waals surface area contributed by atoms with Crippen LogP contribution in [0.5, 0.6) is 0 Å². The molecule has 0 aliphatic heterocycles. The van der Waals surface area contributed by atoms with Crippen molar-refractivity contribution in [3.05, 3.63) is 51.7 Å². The number of benzene rings is 1. The van der Waals surface area contributed by atoms with Gasteiger partial charge in [0, 0.05) is 24.2 Å². The number of thiocarbonyl (C=S) groups is 1. The van der Waals surface area contributed by atoms with Gasteiger partial charge in [-0.2, -0.15) is 0 Å². The van der Waals surface area contributed by atoms with Crippen molar-refractivity contribution in [1.82, 2.24) is 4.90 Å². The van der Waals surface area contributed by atoms with Crippen LogP contribution in [0.4, 0.5) is 5.69 Å². The normalized spacial score (nSPS) is 12.0. The van der Waals surface area contributed by atoms with E-state index in [4.69, 9.17) is 17.0 Å². The molecule has 0 radical (unpaired) electrons. The van der Waals surface area contributed by atoms with Gasteiger partial charge in [-0.25, -0.2) is 0 Å². The topological polar surface area (TPSA) is 24.5 Å². The van der Waals surface area contributed by atoms with Crippen molar-refractivity contribution in [2.45, 2.75) is 33.2 Å². The van der Waals surface area contributed by atoms with Gasteiger partial charge in [0.25, 0.3) is 0 Å². The van der Waals surface area contributed by atoms with Crippen LogP contribution in [0.25, 0.3) is 0 Å². The summed E-state index contributed by atoms with van der Waals surface area (Å²) in [6.07, 6.45) is 0.977. The Morgan fingerprint density at radius 2 is 2.12 bits per heavy atom. The van der Waals surface area contributed by atoms with Gasteiger partial charge in [0.05, 0.1) is 12.6 Å². The number of para-hydroxylation sites is 1. The molecule has 0 fully saturated rings. The summed E-state index contributed by atoms with van der Waals surface area (Å²) in [5.41, 5.74) is 3.63. The van der Waals surface area contributed by atoms with Crippen molar-refractivity contribution in [1.29, 1.82) is 0 Å². The van der Waals surface area contributed by atoms with Crippen molar-refractivity contribution in [3.63, 3.8) is 0 Å². The van der Waals surface area contributed by atoms with Gasteiger partial charge in [-0.15, -0.1) is 11.3 Å². The number of ether oxygens (including phenoxy) is 1. The lowest BCUT2D eigenvalue weighted by molar-refractivity contribution is 0.166. The Balaban J connectivity index is 2.22. The summed E-state index contributed by atoms with van der Waals surface area (Å²) < 4.78 is 5.28. The van der Waals surface area contributed by atoms with Crippen molar-refractivity contribution in [3.8, 4) is 0 Å². The molecule has 0 aliphatic rings. The smallest absolute Gasteiger partial charge is 0.174 e. The van der Waals surface area contributed by atoms with Gasteiger partial charge < -0.3 is 15.0 Å². The molecule has 0 amide bonds. The highest BCUT2D eigenvalue weighted by molar-refractivity contribution is 7.80. The number of rotatable bonds is 7. The van der Waals surface area contributed by atoms with Crippen LogP contribution < -0.4 is 5.32 Å². The lowest BCUT2D eigenvalue weighted by Gasteiger charge is -2.32. The minimum atomic E-state index is 0.217. The minimum Gasteiger partial charge on any atom is -0.383 e. The standard InChI is InChI=1S/C19H26N2OS2/c1-5-16-9-6-8-14(2)18(16)20-19(23)21(11-12-22-4)15(3)17-10-7-13-24-17/h6-10,13,15H,5,11-12H2,1-4H3,(H,20,23). The van der Waals surface area contributed by atoms with E-state index in [0.29, 0.717) is 6.61 Å². The minimum absolute atomic E-state index is 0.217. The Morgan fingerprint density at radius 1 is 1.33 bits per heavy atom. The van der Waals surface area contributed by atoms with Crippen molar-refractivity contribution in [2.24, 2.45) is 0 Å². The Bertz CT molecular complexity index is 655. The van der Waals surface area contributed by atoms with Gasteiger partial charge in [-0.3, -0.25) is 0 Å². The van der Waals surface area contributed by atoms with Gasteiger partial charge in [0.2, 0.25) is 0 Å². The second-order valence-corrected chi connectivity index (χ2v) is 7.14. The molecule has 5 heteroatoms. The number of hydrogen-bond acceptors (Lipinski definition) is 3. The fraction of sp³-hybridized carbons (Fsp3) is 0.421. The Kier molecular flexibility index (Phi) is 7.21. The maximum absolute atomic E-state index is 5.75. The predicted octanol–water partition coefficient (Wildman–Crippen LogP) is 5.03. The largest absolute Gasteiger partial charge is 0.383 e. The molecular formula is C19H26N2OS2. The first kappa shape index (κ1) is 18.9. The van der Waals surface area contributed by atoms with E-state index in [1.165, 1.54) is 16.0 Å². The zero-order valence-corrected chi connectivity index (χ0v) is 16.5. The molecule has 0 spiro atoms. The molecule has 1 atom stereocenters. The van der Waals surface area contributed by atoms with E-state index in [0.717, 1.165) is 23.8 Å². The molecule has 1 aromatic carbocycles. The number of thiophene rings is 1. The molecule has 0 saturated carbocycles. The highest BCUT2D eigenvalue weighted by Gasteiger charge is 2.20. The van der Waals surface area contributed by atoms with Gasteiger partial charge in [-0.05, 0) is 55.1 Å². The fourth-order valence-corrected chi connectivity index (χ4v) is 3.87. The number of anilines is 1. The van der Waals surface area contributed by atoms with Crippen LogP contribution in [-0.4, -0.2) is 30.3 Å². The van der Waals surface area contributed by atoms with Crippen LogP contribution in [0.2, 0.25) is 0 Å². The number of nitrogens with zero attached hydrogens (tertiary/aromatic N) is 1. The summed E-state index contributed by atoms with van der Waals surface area (Å²) in [7, 11) is 1.72. The number of methoxy groups -OCH3 is 1. The molecule has 1 N–H and O–H groups in total. The summed E-state index contributed by atoms with van der Waals surface area (Å²) in [6, 6.07) is 10.8. The van der Waals surface area contributed by atoms with E-state index in [-0.39, 0.29) is 6.04 Å². The molecule has 1 aromatic heterocycles. The third-order valence-corrected chi connectivity index (χ3v) is 5.57. The second kappa shape index (κ2) is 9.16. The molecule has 1 unspecified atom stereocenters. The third kappa shape index (κ3) is 4.56. The van der Waals surface area contributed by atoms with Crippen LogP contribution in [0.15, 0.2) is 35.7 Å². The monoisotopic (exact) mass is 362 g/mol. The molecule has 0 saturated heterocycles. The summed E-state index contributed by atoms with van der Waals surface area (Å²) in [5.74, 6) is 0. The summed E-state index contributed by atoms with van der Waals surface area (Å²) >= 11 is 7.51. The first-order valence-electron chi connectivity index (χ1n) is 8.26. The van der Waals surface area contributed by atoms with Crippen LogP contribution in [0.1, 0.15) is 35.9 Å². The van der Waals surface area contributed by atoms with E-state index in [9.17, 15) is 0 Å². The Morgan fingerprint density at radius 3 is 2.75 bits per heavy atom. The highest BCUT2D eigenvalue weighted by Crippen LogP contribution is 2.27. The predicted molar refractivity (Wildman–Crippen MR) is 108 cm³/mol. The molecular weight excluding hydrogens is 336 g/mol. The second-order valence-electron chi connectivity index (χ2n) is 5.77. The number of nitrogens with one attached hydrogen (secondary N) is 1. The van der Waals surface area contributed by atoms with Crippen molar-refractivity contribution in [2.75, 3.05) is 25.6 Å². The van der Waals surface area contributed by atoms with Crippen molar-refractivity contribution >= 4 is 34.4 Å². The fourth-order valence-electron chi connectivity index (χ4n) is 2.72. The van der Waals surface area contributed by atoms with E-state index in [1.807, 2.05) is 0 Å².